The molecule has 22 heavy (non-hydrogen) atoms. The molecule has 0 bridgehead atoms. The van der Waals surface area contributed by atoms with E-state index < -0.39 is 0 Å². The molecule has 1 heterocycles. The highest BCUT2D eigenvalue weighted by Gasteiger charge is 2.17. The number of halogens is 1. The lowest BCUT2D eigenvalue weighted by molar-refractivity contribution is 0.0946. The van der Waals surface area contributed by atoms with Gasteiger partial charge in [-0.3, -0.25) is 4.79 Å². The van der Waals surface area contributed by atoms with Gasteiger partial charge in [-0.1, -0.05) is 23.7 Å². The van der Waals surface area contributed by atoms with Crippen LogP contribution in [-0.4, -0.2) is 38.6 Å². The molecule has 1 amide bonds. The summed E-state index contributed by atoms with van der Waals surface area (Å²) in [6.45, 7) is 0.508. The Labute approximate surface area is 139 Å². The van der Waals surface area contributed by atoms with E-state index in [9.17, 15) is 4.79 Å². The quantitative estimate of drug-likeness (QED) is 0.877. The Kier molecular flexibility index (Phi) is 5.83. The normalized spacial score (nSPS) is 12.2. The lowest BCUT2D eigenvalue weighted by Crippen LogP contribution is -2.34. The first kappa shape index (κ1) is 16.8. The van der Waals surface area contributed by atoms with Gasteiger partial charge in [0.2, 0.25) is 0 Å². The minimum Gasteiger partial charge on any atom is -0.497 e. The van der Waals surface area contributed by atoms with Crippen LogP contribution in [0.1, 0.15) is 21.3 Å². The molecule has 1 aromatic heterocycles. The van der Waals surface area contributed by atoms with Crippen molar-refractivity contribution in [2.24, 2.45) is 0 Å². The first-order valence-corrected chi connectivity index (χ1v) is 8.04. The Bertz CT molecular complexity index is 643. The molecule has 0 aliphatic carbocycles. The van der Waals surface area contributed by atoms with Crippen molar-refractivity contribution in [1.82, 2.24) is 10.2 Å². The molecule has 0 spiro atoms. The van der Waals surface area contributed by atoms with E-state index in [4.69, 9.17) is 16.3 Å². The van der Waals surface area contributed by atoms with Crippen molar-refractivity contribution < 1.29 is 9.53 Å². The van der Waals surface area contributed by atoms with Gasteiger partial charge in [-0.15, -0.1) is 11.3 Å². The van der Waals surface area contributed by atoms with E-state index in [1.54, 1.807) is 19.2 Å². The van der Waals surface area contributed by atoms with Crippen LogP contribution in [0.3, 0.4) is 0 Å². The second-order valence-corrected chi connectivity index (χ2v) is 6.78. The molecule has 6 heteroatoms. The summed E-state index contributed by atoms with van der Waals surface area (Å²) in [5.41, 5.74) is 1.09. The van der Waals surface area contributed by atoms with Gasteiger partial charge in [0.05, 0.1) is 22.4 Å². The summed E-state index contributed by atoms with van der Waals surface area (Å²) in [6, 6.07) is 11.4. The minimum atomic E-state index is -0.105. The van der Waals surface area contributed by atoms with Gasteiger partial charge in [0.1, 0.15) is 5.75 Å². The zero-order valence-electron chi connectivity index (χ0n) is 12.8. The Morgan fingerprint density at radius 2 is 2.14 bits per heavy atom. The van der Waals surface area contributed by atoms with Crippen LogP contribution in [0.25, 0.3) is 0 Å². The molecule has 0 saturated carbocycles. The van der Waals surface area contributed by atoms with Gasteiger partial charge >= 0.3 is 0 Å². The Morgan fingerprint density at radius 1 is 1.36 bits per heavy atom. The monoisotopic (exact) mass is 338 g/mol. The lowest BCUT2D eigenvalue weighted by Gasteiger charge is -2.25. The first-order chi connectivity index (χ1) is 10.5. The SMILES string of the molecule is COc1cccc(C(CNC(=O)c2ccc(Cl)s2)N(C)C)c1. The molecule has 1 aromatic carbocycles. The summed E-state index contributed by atoms with van der Waals surface area (Å²) in [4.78, 5) is 14.8. The zero-order chi connectivity index (χ0) is 16.1. The number of nitrogens with zero attached hydrogens (tertiary/aromatic N) is 1. The number of amides is 1. The van der Waals surface area contributed by atoms with Gasteiger partial charge in [0.15, 0.2) is 0 Å². The first-order valence-electron chi connectivity index (χ1n) is 6.85. The van der Waals surface area contributed by atoms with E-state index in [1.165, 1.54) is 11.3 Å². The maximum absolute atomic E-state index is 12.1. The van der Waals surface area contributed by atoms with E-state index in [1.807, 2.05) is 38.4 Å². The van der Waals surface area contributed by atoms with E-state index in [2.05, 4.69) is 10.2 Å². The van der Waals surface area contributed by atoms with Crippen LogP contribution < -0.4 is 10.1 Å². The highest BCUT2D eigenvalue weighted by atomic mass is 35.5. The van der Waals surface area contributed by atoms with Gasteiger partial charge in [0.25, 0.3) is 5.91 Å². The minimum absolute atomic E-state index is 0.0643. The average molecular weight is 339 g/mol. The van der Waals surface area contributed by atoms with Crippen molar-refractivity contribution in [2.75, 3.05) is 27.7 Å². The van der Waals surface area contributed by atoms with E-state index in [-0.39, 0.29) is 11.9 Å². The summed E-state index contributed by atoms with van der Waals surface area (Å²) in [7, 11) is 5.61. The molecule has 0 aliphatic rings. The molecule has 2 rings (SSSR count). The smallest absolute Gasteiger partial charge is 0.261 e. The Hall–Kier alpha value is -1.56. The van der Waals surface area contributed by atoms with Crippen molar-refractivity contribution in [2.45, 2.75) is 6.04 Å². The molecule has 1 atom stereocenters. The van der Waals surface area contributed by atoms with Crippen molar-refractivity contribution in [3.05, 3.63) is 51.2 Å². The maximum atomic E-state index is 12.1. The maximum Gasteiger partial charge on any atom is 0.261 e. The number of hydrogen-bond acceptors (Lipinski definition) is 4. The predicted octanol–water partition coefficient (Wildman–Crippen LogP) is 3.44. The molecule has 0 fully saturated rings. The molecule has 0 saturated heterocycles. The second kappa shape index (κ2) is 7.63. The standard InChI is InChI=1S/C16H19ClN2O2S/c1-19(2)13(11-5-4-6-12(9-11)21-3)10-18-16(20)14-7-8-15(17)22-14/h4-9,13H,10H2,1-3H3,(H,18,20). The van der Waals surface area contributed by atoms with E-state index in [0.717, 1.165) is 11.3 Å². The molecule has 4 nitrogen and oxygen atoms in total. The topological polar surface area (TPSA) is 41.6 Å². The number of thiophene rings is 1. The predicted molar refractivity (Wildman–Crippen MR) is 91.1 cm³/mol. The van der Waals surface area contributed by atoms with Crippen molar-refractivity contribution in [3.8, 4) is 5.75 Å². The van der Waals surface area contributed by atoms with Gasteiger partial charge in [0, 0.05) is 6.54 Å². The highest BCUT2D eigenvalue weighted by Crippen LogP contribution is 2.23. The fourth-order valence-corrected chi connectivity index (χ4v) is 3.12. The molecule has 118 valence electrons. The average Bonchev–Trinajstić information content (AvgIpc) is 2.94. The fourth-order valence-electron chi connectivity index (χ4n) is 2.16. The Morgan fingerprint density at radius 3 is 2.73 bits per heavy atom. The molecule has 0 aliphatic heterocycles. The summed E-state index contributed by atoms with van der Waals surface area (Å²) in [5, 5.41) is 2.96. The van der Waals surface area contributed by atoms with Gasteiger partial charge in [-0.2, -0.15) is 0 Å². The second-order valence-electron chi connectivity index (χ2n) is 5.07. The molecular formula is C16H19ClN2O2S. The summed E-state index contributed by atoms with van der Waals surface area (Å²) < 4.78 is 5.88. The van der Waals surface area contributed by atoms with Crippen molar-refractivity contribution >= 4 is 28.8 Å². The molecule has 1 N–H and O–H groups in total. The van der Waals surface area contributed by atoms with Crippen molar-refractivity contribution in [3.63, 3.8) is 0 Å². The van der Waals surface area contributed by atoms with Crippen LogP contribution in [0.5, 0.6) is 5.75 Å². The number of carbonyl (C=O) groups excluding carboxylic acids is 1. The third kappa shape index (κ3) is 4.22. The molecule has 1 unspecified atom stereocenters. The molecular weight excluding hydrogens is 320 g/mol. The third-order valence-electron chi connectivity index (χ3n) is 3.35. The van der Waals surface area contributed by atoms with Crippen LogP contribution in [0.2, 0.25) is 4.34 Å². The van der Waals surface area contributed by atoms with Crippen LogP contribution in [0.4, 0.5) is 0 Å². The number of likely N-dealkylation sites (N-methyl/N-ethyl adjacent to an activating group) is 1. The highest BCUT2D eigenvalue weighted by molar-refractivity contribution is 7.17. The number of benzene rings is 1. The van der Waals surface area contributed by atoms with Gasteiger partial charge in [-0.25, -0.2) is 0 Å². The molecule has 2 aromatic rings. The lowest BCUT2D eigenvalue weighted by atomic mass is 10.1. The number of carbonyl (C=O) groups is 1. The summed E-state index contributed by atoms with van der Waals surface area (Å²) >= 11 is 7.14. The van der Waals surface area contributed by atoms with Crippen LogP contribution >= 0.6 is 22.9 Å². The number of rotatable bonds is 6. The number of nitrogens with one attached hydrogen (secondary N) is 1. The van der Waals surface area contributed by atoms with Crippen LogP contribution in [0.15, 0.2) is 36.4 Å². The number of methoxy groups -OCH3 is 1. The molecule has 0 radical (unpaired) electrons. The van der Waals surface area contributed by atoms with E-state index in [0.29, 0.717) is 15.8 Å². The van der Waals surface area contributed by atoms with E-state index >= 15 is 0 Å². The zero-order valence-corrected chi connectivity index (χ0v) is 14.4. The summed E-state index contributed by atoms with van der Waals surface area (Å²) in [5.74, 6) is 0.701. The van der Waals surface area contributed by atoms with Gasteiger partial charge < -0.3 is 15.0 Å². The number of hydrogen-bond donors (Lipinski definition) is 1. The fraction of sp³-hybridized carbons (Fsp3) is 0.312. The Balaban J connectivity index is 2.07. The third-order valence-corrected chi connectivity index (χ3v) is 4.58. The van der Waals surface area contributed by atoms with Crippen LogP contribution in [0, 0.1) is 0 Å². The largest absolute Gasteiger partial charge is 0.497 e. The van der Waals surface area contributed by atoms with Gasteiger partial charge in [-0.05, 0) is 43.9 Å². The summed E-state index contributed by atoms with van der Waals surface area (Å²) in [6.07, 6.45) is 0. The van der Waals surface area contributed by atoms with Crippen molar-refractivity contribution in [1.29, 1.82) is 0 Å². The number of ether oxygens (including phenoxy) is 1. The van der Waals surface area contributed by atoms with Crippen LogP contribution in [-0.2, 0) is 0 Å².